The molecule has 1 unspecified atom stereocenters. The molecule has 1 N–H and O–H groups in total. The van der Waals surface area contributed by atoms with E-state index in [0.717, 1.165) is 0 Å². The Morgan fingerprint density at radius 2 is 2.05 bits per heavy atom. The van der Waals surface area contributed by atoms with Crippen molar-refractivity contribution in [2.24, 2.45) is 0 Å². The topological polar surface area (TPSA) is 72.6 Å². The monoisotopic (exact) mass is 291 g/mol. The van der Waals surface area contributed by atoms with E-state index < -0.39 is 16.8 Å². The van der Waals surface area contributed by atoms with Gasteiger partial charge in [0.2, 0.25) is 0 Å². The Balaban J connectivity index is 2.23. The number of aliphatic hydroxyl groups excluding tert-OH is 1. The van der Waals surface area contributed by atoms with Crippen LogP contribution in [-0.4, -0.2) is 10.0 Å². The van der Waals surface area contributed by atoms with Crippen molar-refractivity contribution in [1.29, 1.82) is 0 Å². The average molecular weight is 291 g/mol. The van der Waals surface area contributed by atoms with E-state index in [1.165, 1.54) is 31.2 Å². The van der Waals surface area contributed by atoms with E-state index in [9.17, 15) is 19.6 Å². The first-order valence-corrected chi connectivity index (χ1v) is 6.31. The summed E-state index contributed by atoms with van der Waals surface area (Å²) < 4.78 is 18.7. The van der Waals surface area contributed by atoms with Crippen molar-refractivity contribution < 1.29 is 19.2 Å². The molecule has 21 heavy (non-hydrogen) atoms. The molecule has 0 aromatic heterocycles. The van der Waals surface area contributed by atoms with Crippen molar-refractivity contribution in [1.82, 2.24) is 0 Å². The highest BCUT2D eigenvalue weighted by Crippen LogP contribution is 2.28. The zero-order chi connectivity index (χ0) is 15.4. The lowest BCUT2D eigenvalue weighted by Crippen LogP contribution is -2.03. The molecule has 0 aliphatic heterocycles. The molecule has 0 heterocycles. The summed E-state index contributed by atoms with van der Waals surface area (Å²) in [5.74, 6) is -0.187. The molecule has 0 bridgehead atoms. The van der Waals surface area contributed by atoms with Crippen LogP contribution in [-0.2, 0) is 6.61 Å². The summed E-state index contributed by atoms with van der Waals surface area (Å²) in [6.45, 7) is 1.45. The molecular weight excluding hydrogens is 277 g/mol. The van der Waals surface area contributed by atoms with Gasteiger partial charge in [0, 0.05) is 11.6 Å². The predicted molar refractivity (Wildman–Crippen MR) is 74.5 cm³/mol. The number of rotatable bonds is 5. The van der Waals surface area contributed by atoms with Gasteiger partial charge in [-0.1, -0.05) is 12.1 Å². The molecule has 0 saturated carbocycles. The van der Waals surface area contributed by atoms with Crippen molar-refractivity contribution in [2.75, 3.05) is 0 Å². The largest absolute Gasteiger partial charge is 0.488 e. The van der Waals surface area contributed by atoms with E-state index in [0.29, 0.717) is 16.9 Å². The third kappa shape index (κ3) is 3.55. The van der Waals surface area contributed by atoms with Crippen LogP contribution in [0, 0.1) is 15.9 Å². The van der Waals surface area contributed by atoms with E-state index in [2.05, 4.69) is 0 Å². The number of nitro groups is 1. The molecule has 0 aliphatic rings. The second-order valence-corrected chi connectivity index (χ2v) is 4.53. The van der Waals surface area contributed by atoms with E-state index >= 15 is 0 Å². The van der Waals surface area contributed by atoms with Gasteiger partial charge < -0.3 is 9.84 Å². The number of hydrogen-bond acceptors (Lipinski definition) is 4. The fourth-order valence-corrected chi connectivity index (χ4v) is 1.94. The Hall–Kier alpha value is -2.47. The smallest absolute Gasteiger partial charge is 0.276 e. The van der Waals surface area contributed by atoms with Gasteiger partial charge in [0.25, 0.3) is 5.69 Å². The molecule has 0 radical (unpaired) electrons. The SMILES string of the molecule is CC(O)c1cc(F)ccc1OCc1ccccc1[N+](=O)[O-]. The first kappa shape index (κ1) is 14.9. The van der Waals surface area contributed by atoms with Crippen molar-refractivity contribution in [3.05, 3.63) is 69.5 Å². The number of para-hydroxylation sites is 1. The summed E-state index contributed by atoms with van der Waals surface area (Å²) in [7, 11) is 0. The Labute approximate surface area is 120 Å². The second kappa shape index (κ2) is 6.32. The Morgan fingerprint density at radius 3 is 2.71 bits per heavy atom. The molecule has 5 nitrogen and oxygen atoms in total. The number of nitro benzene ring substituents is 1. The molecule has 0 saturated heterocycles. The maximum atomic E-state index is 13.2. The molecule has 0 spiro atoms. The van der Waals surface area contributed by atoms with Crippen LogP contribution >= 0.6 is 0 Å². The van der Waals surface area contributed by atoms with E-state index in [1.807, 2.05) is 0 Å². The quantitative estimate of drug-likeness (QED) is 0.677. The fraction of sp³-hybridized carbons (Fsp3) is 0.200. The molecule has 2 aromatic rings. The number of halogens is 1. The molecule has 0 amide bonds. The Kier molecular flexibility index (Phi) is 4.49. The summed E-state index contributed by atoms with van der Waals surface area (Å²) in [6.07, 6.45) is -0.901. The Morgan fingerprint density at radius 1 is 1.33 bits per heavy atom. The summed E-state index contributed by atoms with van der Waals surface area (Å²) in [4.78, 5) is 10.4. The normalized spacial score (nSPS) is 12.0. The van der Waals surface area contributed by atoms with Crippen LogP contribution in [0.4, 0.5) is 10.1 Å². The van der Waals surface area contributed by atoms with Crippen LogP contribution in [0.15, 0.2) is 42.5 Å². The minimum atomic E-state index is -0.901. The van der Waals surface area contributed by atoms with Gasteiger partial charge in [-0.15, -0.1) is 0 Å². The molecule has 2 rings (SSSR count). The molecular formula is C15H14FNO4. The van der Waals surface area contributed by atoms with Gasteiger partial charge in [-0.3, -0.25) is 10.1 Å². The molecule has 0 aliphatic carbocycles. The molecule has 6 heteroatoms. The van der Waals surface area contributed by atoms with Gasteiger partial charge in [-0.05, 0) is 31.2 Å². The number of ether oxygens (including phenoxy) is 1. The first-order chi connectivity index (χ1) is 9.99. The number of nitrogens with zero attached hydrogens (tertiary/aromatic N) is 1. The fourth-order valence-electron chi connectivity index (χ4n) is 1.94. The van der Waals surface area contributed by atoms with E-state index in [1.54, 1.807) is 18.2 Å². The minimum Gasteiger partial charge on any atom is -0.488 e. The second-order valence-electron chi connectivity index (χ2n) is 4.53. The average Bonchev–Trinajstić information content (AvgIpc) is 2.46. The molecule has 0 fully saturated rings. The summed E-state index contributed by atoms with van der Waals surface area (Å²) >= 11 is 0. The van der Waals surface area contributed by atoms with Crippen molar-refractivity contribution in [3.8, 4) is 5.75 Å². The zero-order valence-corrected chi connectivity index (χ0v) is 11.3. The van der Waals surface area contributed by atoms with Gasteiger partial charge in [-0.2, -0.15) is 0 Å². The van der Waals surface area contributed by atoms with E-state index in [4.69, 9.17) is 4.74 Å². The van der Waals surface area contributed by atoms with Crippen molar-refractivity contribution >= 4 is 5.69 Å². The minimum absolute atomic E-state index is 0.0392. The maximum Gasteiger partial charge on any atom is 0.276 e. The lowest BCUT2D eigenvalue weighted by atomic mass is 10.1. The molecule has 1 atom stereocenters. The predicted octanol–water partition coefficient (Wildman–Crippen LogP) is 3.37. The van der Waals surface area contributed by atoms with Crippen molar-refractivity contribution in [3.63, 3.8) is 0 Å². The van der Waals surface area contributed by atoms with Gasteiger partial charge in [0.15, 0.2) is 0 Å². The van der Waals surface area contributed by atoms with Crippen LogP contribution in [0.2, 0.25) is 0 Å². The number of aliphatic hydroxyl groups is 1. The lowest BCUT2D eigenvalue weighted by molar-refractivity contribution is -0.385. The highest BCUT2D eigenvalue weighted by Gasteiger charge is 2.15. The highest BCUT2D eigenvalue weighted by molar-refractivity contribution is 5.40. The van der Waals surface area contributed by atoms with Gasteiger partial charge >= 0.3 is 0 Å². The third-order valence-corrected chi connectivity index (χ3v) is 2.99. The number of benzene rings is 2. The molecule has 110 valence electrons. The van der Waals surface area contributed by atoms with Crippen LogP contribution in [0.5, 0.6) is 5.75 Å². The van der Waals surface area contributed by atoms with Crippen LogP contribution in [0.3, 0.4) is 0 Å². The van der Waals surface area contributed by atoms with E-state index in [-0.39, 0.29) is 12.3 Å². The van der Waals surface area contributed by atoms with Crippen LogP contribution in [0.25, 0.3) is 0 Å². The number of hydrogen-bond donors (Lipinski definition) is 1. The van der Waals surface area contributed by atoms with Crippen LogP contribution in [0.1, 0.15) is 24.2 Å². The van der Waals surface area contributed by atoms with Gasteiger partial charge in [0.1, 0.15) is 18.2 Å². The highest BCUT2D eigenvalue weighted by atomic mass is 19.1. The summed E-state index contributed by atoms with van der Waals surface area (Å²) in [5, 5.41) is 20.5. The molecule has 2 aromatic carbocycles. The summed E-state index contributed by atoms with van der Waals surface area (Å²) in [5.41, 5.74) is 0.662. The zero-order valence-electron chi connectivity index (χ0n) is 11.3. The standard InChI is InChI=1S/C15H14FNO4/c1-10(18)13-8-12(16)6-7-15(13)21-9-11-4-2-3-5-14(11)17(19)20/h2-8,10,18H,9H2,1H3. The summed E-state index contributed by atoms with van der Waals surface area (Å²) in [6, 6.07) is 10.0. The van der Waals surface area contributed by atoms with Crippen molar-refractivity contribution in [2.45, 2.75) is 19.6 Å². The lowest BCUT2D eigenvalue weighted by Gasteiger charge is -2.13. The third-order valence-electron chi connectivity index (χ3n) is 2.99. The van der Waals surface area contributed by atoms with Gasteiger partial charge in [0.05, 0.1) is 16.6 Å². The van der Waals surface area contributed by atoms with Crippen LogP contribution < -0.4 is 4.74 Å². The first-order valence-electron chi connectivity index (χ1n) is 6.31. The van der Waals surface area contributed by atoms with Gasteiger partial charge in [-0.25, -0.2) is 4.39 Å². The Bertz CT molecular complexity index is 658. The maximum absolute atomic E-state index is 13.2.